The lowest BCUT2D eigenvalue weighted by Crippen LogP contribution is -2.47. The van der Waals surface area contributed by atoms with Crippen molar-refractivity contribution in [2.24, 2.45) is 5.92 Å². The first-order valence-corrected chi connectivity index (χ1v) is 13.1. The molecule has 10 heteroatoms. The van der Waals surface area contributed by atoms with Crippen LogP contribution in [0.5, 0.6) is 5.75 Å². The molecule has 3 N–H and O–H groups in total. The van der Waals surface area contributed by atoms with Crippen LogP contribution in [0, 0.1) is 5.92 Å². The molecule has 3 heterocycles. The first kappa shape index (κ1) is 28.0. The zero-order chi connectivity index (χ0) is 27.8. The number of aromatic nitrogens is 2. The topological polar surface area (TPSA) is 120 Å². The van der Waals surface area contributed by atoms with Crippen molar-refractivity contribution in [1.29, 1.82) is 0 Å². The van der Waals surface area contributed by atoms with Crippen LogP contribution in [-0.2, 0) is 17.8 Å². The quantitative estimate of drug-likeness (QED) is 0.407. The molecule has 0 bridgehead atoms. The molecule has 206 valence electrons. The van der Waals surface area contributed by atoms with Crippen LogP contribution < -0.4 is 15.4 Å². The van der Waals surface area contributed by atoms with Gasteiger partial charge in [-0.05, 0) is 62.0 Å². The number of nitrogens with zero attached hydrogens (tertiary/aromatic N) is 4. The first-order chi connectivity index (χ1) is 18.8. The SMILES string of the molecule is CC1CN([C@@H](C)CO)C(=O)Cc2cc(NC(=O)Nc3cccnc3)ccc2O[C@H]1CN(C)Cc1ccncc1. The van der Waals surface area contributed by atoms with E-state index in [1.54, 1.807) is 60.0 Å². The number of likely N-dealkylation sites (N-methyl/N-ethyl adjacent to an activating group) is 1. The predicted molar refractivity (Wildman–Crippen MR) is 149 cm³/mol. The molecule has 0 saturated carbocycles. The Hall–Kier alpha value is -4.02. The van der Waals surface area contributed by atoms with Crippen LogP contribution in [0.1, 0.15) is 25.0 Å². The van der Waals surface area contributed by atoms with Crippen LogP contribution in [0.25, 0.3) is 0 Å². The highest BCUT2D eigenvalue weighted by molar-refractivity contribution is 5.99. The van der Waals surface area contributed by atoms with Crippen molar-refractivity contribution in [3.8, 4) is 5.75 Å². The molecule has 0 radical (unpaired) electrons. The number of amides is 3. The summed E-state index contributed by atoms with van der Waals surface area (Å²) in [6.07, 6.45) is 6.61. The second-order valence-corrected chi connectivity index (χ2v) is 10.1. The molecule has 1 unspecified atom stereocenters. The van der Waals surface area contributed by atoms with E-state index in [1.807, 2.05) is 26.1 Å². The van der Waals surface area contributed by atoms with Crippen LogP contribution in [0.3, 0.4) is 0 Å². The maximum absolute atomic E-state index is 13.4. The summed E-state index contributed by atoms with van der Waals surface area (Å²) in [4.78, 5) is 38.0. The third-order valence-corrected chi connectivity index (χ3v) is 6.79. The van der Waals surface area contributed by atoms with Crippen molar-refractivity contribution in [2.75, 3.05) is 37.4 Å². The number of carbonyl (C=O) groups is 2. The van der Waals surface area contributed by atoms with E-state index in [0.717, 1.165) is 12.1 Å². The fraction of sp³-hybridized carbons (Fsp3) is 0.379. The number of benzene rings is 1. The van der Waals surface area contributed by atoms with Gasteiger partial charge in [0.05, 0.1) is 31.0 Å². The Bertz CT molecular complexity index is 1240. The normalized spacial score (nSPS) is 18.3. The lowest BCUT2D eigenvalue weighted by atomic mass is 10.0. The number of aliphatic hydroxyl groups excluding tert-OH is 1. The minimum atomic E-state index is -0.418. The number of carbonyl (C=O) groups excluding carboxylic acids is 2. The van der Waals surface area contributed by atoms with Crippen molar-refractivity contribution in [1.82, 2.24) is 19.8 Å². The van der Waals surface area contributed by atoms with E-state index >= 15 is 0 Å². The zero-order valence-electron chi connectivity index (χ0n) is 22.6. The number of rotatable bonds is 8. The third kappa shape index (κ3) is 7.75. The Morgan fingerprint density at radius 1 is 1.15 bits per heavy atom. The lowest BCUT2D eigenvalue weighted by Gasteiger charge is -2.34. The Morgan fingerprint density at radius 3 is 2.64 bits per heavy atom. The molecule has 0 fully saturated rings. The summed E-state index contributed by atoms with van der Waals surface area (Å²) in [5.41, 5.74) is 2.92. The van der Waals surface area contributed by atoms with Crippen LogP contribution in [0.4, 0.5) is 16.2 Å². The predicted octanol–water partition coefficient (Wildman–Crippen LogP) is 3.40. The summed E-state index contributed by atoms with van der Waals surface area (Å²) < 4.78 is 6.57. The maximum Gasteiger partial charge on any atom is 0.323 e. The highest BCUT2D eigenvalue weighted by Crippen LogP contribution is 2.29. The molecule has 39 heavy (non-hydrogen) atoms. The molecule has 1 aromatic carbocycles. The maximum atomic E-state index is 13.4. The molecule has 1 aliphatic rings. The van der Waals surface area contributed by atoms with E-state index < -0.39 is 6.03 Å². The fourth-order valence-electron chi connectivity index (χ4n) is 4.63. The summed E-state index contributed by atoms with van der Waals surface area (Å²) >= 11 is 0. The van der Waals surface area contributed by atoms with Gasteiger partial charge in [0.15, 0.2) is 0 Å². The van der Waals surface area contributed by atoms with Gasteiger partial charge in [-0.2, -0.15) is 0 Å². The average molecular weight is 533 g/mol. The van der Waals surface area contributed by atoms with Crippen molar-refractivity contribution >= 4 is 23.3 Å². The van der Waals surface area contributed by atoms with Gasteiger partial charge in [-0.3, -0.25) is 19.7 Å². The molecule has 2 aromatic heterocycles. The molecule has 0 aliphatic carbocycles. The standard InChI is InChI=1S/C29H36N6O4/c1-20-16-35(21(2)19-36)28(37)14-23-13-24(32-29(38)33-25-5-4-10-31-15-25)6-7-26(23)39-27(20)18-34(3)17-22-8-11-30-12-9-22/h4-13,15,20-21,27,36H,14,16-19H2,1-3H3,(H2,32,33,38)/t20?,21-,27-/m0/s1. The number of anilines is 2. The number of ether oxygens (including phenoxy) is 1. The van der Waals surface area contributed by atoms with E-state index in [4.69, 9.17) is 4.74 Å². The Kier molecular flexibility index (Phi) is 9.45. The van der Waals surface area contributed by atoms with Gasteiger partial charge in [0.2, 0.25) is 5.91 Å². The van der Waals surface area contributed by atoms with Gasteiger partial charge in [0.1, 0.15) is 11.9 Å². The monoisotopic (exact) mass is 532 g/mol. The Morgan fingerprint density at radius 2 is 1.92 bits per heavy atom. The molecule has 0 spiro atoms. The average Bonchev–Trinajstić information content (AvgIpc) is 2.97. The number of fused-ring (bicyclic) bond motifs is 1. The molecule has 4 rings (SSSR count). The molecule has 3 aromatic rings. The summed E-state index contributed by atoms with van der Waals surface area (Å²) in [6, 6.07) is 12.0. The van der Waals surface area contributed by atoms with Crippen molar-refractivity contribution in [2.45, 2.75) is 39.0 Å². The number of nitrogens with one attached hydrogen (secondary N) is 2. The van der Waals surface area contributed by atoms with Gasteiger partial charge >= 0.3 is 6.03 Å². The van der Waals surface area contributed by atoms with Crippen LogP contribution >= 0.6 is 0 Å². The van der Waals surface area contributed by atoms with Crippen molar-refractivity contribution in [3.05, 3.63) is 78.4 Å². The van der Waals surface area contributed by atoms with Gasteiger partial charge in [-0.25, -0.2) is 4.79 Å². The number of hydrogen-bond acceptors (Lipinski definition) is 7. The Labute approximate surface area is 229 Å². The Balaban J connectivity index is 1.56. The largest absolute Gasteiger partial charge is 0.488 e. The molecular weight excluding hydrogens is 496 g/mol. The lowest BCUT2D eigenvalue weighted by molar-refractivity contribution is -0.134. The second-order valence-electron chi connectivity index (χ2n) is 10.1. The molecule has 3 atom stereocenters. The van der Waals surface area contributed by atoms with Gasteiger partial charge in [0.25, 0.3) is 0 Å². The van der Waals surface area contributed by atoms with Gasteiger partial charge in [-0.15, -0.1) is 0 Å². The summed E-state index contributed by atoms with van der Waals surface area (Å²) in [5, 5.41) is 15.4. The van der Waals surface area contributed by atoms with E-state index in [-0.39, 0.29) is 37.0 Å². The molecule has 1 aliphatic heterocycles. The van der Waals surface area contributed by atoms with E-state index in [2.05, 4.69) is 32.4 Å². The summed E-state index contributed by atoms with van der Waals surface area (Å²) in [5.74, 6) is 0.502. The number of hydrogen-bond donors (Lipinski definition) is 3. The highest BCUT2D eigenvalue weighted by Gasteiger charge is 2.31. The van der Waals surface area contributed by atoms with Crippen molar-refractivity contribution < 1.29 is 19.4 Å². The third-order valence-electron chi connectivity index (χ3n) is 6.79. The van der Waals surface area contributed by atoms with Gasteiger partial charge < -0.3 is 25.4 Å². The van der Waals surface area contributed by atoms with Crippen LogP contribution in [0.15, 0.2) is 67.3 Å². The highest BCUT2D eigenvalue weighted by atomic mass is 16.5. The number of urea groups is 1. The number of pyridine rings is 2. The summed E-state index contributed by atoms with van der Waals surface area (Å²) in [7, 11) is 2.04. The molecular formula is C29H36N6O4. The van der Waals surface area contributed by atoms with E-state index in [9.17, 15) is 14.7 Å². The van der Waals surface area contributed by atoms with Gasteiger partial charge in [-0.1, -0.05) is 6.92 Å². The molecule has 10 nitrogen and oxygen atoms in total. The number of aliphatic hydroxyl groups is 1. The van der Waals surface area contributed by atoms with E-state index in [1.165, 1.54) is 0 Å². The van der Waals surface area contributed by atoms with E-state index in [0.29, 0.717) is 35.8 Å². The summed E-state index contributed by atoms with van der Waals surface area (Å²) in [6.45, 7) is 5.60. The smallest absolute Gasteiger partial charge is 0.323 e. The van der Waals surface area contributed by atoms with Crippen LogP contribution in [0.2, 0.25) is 0 Å². The first-order valence-electron chi connectivity index (χ1n) is 13.1. The van der Waals surface area contributed by atoms with Gasteiger partial charge in [0, 0.05) is 55.4 Å². The minimum Gasteiger partial charge on any atom is -0.488 e. The zero-order valence-corrected chi connectivity index (χ0v) is 22.6. The molecule has 3 amide bonds. The second kappa shape index (κ2) is 13.2. The van der Waals surface area contributed by atoms with Crippen molar-refractivity contribution in [3.63, 3.8) is 0 Å². The van der Waals surface area contributed by atoms with Crippen LogP contribution in [-0.4, -0.2) is 75.7 Å². The molecule has 0 saturated heterocycles. The minimum absolute atomic E-state index is 0.00292. The fourth-order valence-corrected chi connectivity index (χ4v) is 4.63.